The van der Waals surface area contributed by atoms with Crippen molar-refractivity contribution < 1.29 is 9.53 Å². The summed E-state index contributed by atoms with van der Waals surface area (Å²) in [5.74, 6) is 0.312. The van der Waals surface area contributed by atoms with Gasteiger partial charge in [0.15, 0.2) is 0 Å². The highest BCUT2D eigenvalue weighted by Crippen LogP contribution is 2.24. The van der Waals surface area contributed by atoms with E-state index in [1.165, 1.54) is 13.3 Å². The third kappa shape index (κ3) is 2.51. The van der Waals surface area contributed by atoms with Gasteiger partial charge in [-0.05, 0) is 29.7 Å². The first-order valence-electron chi connectivity index (χ1n) is 4.73. The topological polar surface area (TPSA) is 90.1 Å². The number of aromatic nitrogens is 2. The Hall–Kier alpha value is -2.15. The Labute approximate surface area is 102 Å². The monoisotopic (exact) mass is 250 g/mol. The second-order valence-corrected chi connectivity index (χ2v) is 3.98. The molecule has 0 bridgehead atoms. The molecule has 7 heteroatoms. The summed E-state index contributed by atoms with van der Waals surface area (Å²) in [5, 5.41) is 6.29. The van der Waals surface area contributed by atoms with Crippen LogP contribution in [-0.2, 0) is 0 Å². The summed E-state index contributed by atoms with van der Waals surface area (Å²) in [6.45, 7) is 0. The van der Waals surface area contributed by atoms with Gasteiger partial charge in [-0.3, -0.25) is 4.79 Å². The number of nitrogens with zero attached hydrogens (tertiary/aromatic N) is 2. The Kier molecular flexibility index (Phi) is 3.20. The average molecular weight is 250 g/mol. The van der Waals surface area contributed by atoms with Crippen LogP contribution in [0.1, 0.15) is 9.67 Å². The highest BCUT2D eigenvalue weighted by Gasteiger charge is 2.09. The molecule has 6 nitrogen and oxygen atoms in total. The largest absolute Gasteiger partial charge is 0.495 e. The number of carbonyl (C=O) groups is 1. The van der Waals surface area contributed by atoms with Crippen LogP contribution in [0.2, 0.25) is 0 Å². The molecule has 0 atom stereocenters. The molecule has 0 saturated carbocycles. The molecule has 0 spiro atoms. The number of rotatable bonds is 3. The van der Waals surface area contributed by atoms with Crippen molar-refractivity contribution in [2.24, 2.45) is 0 Å². The van der Waals surface area contributed by atoms with Crippen LogP contribution in [0.4, 0.5) is 11.4 Å². The molecule has 0 unspecified atom stereocenters. The molecular formula is C10H10N4O2S. The molecule has 88 valence electrons. The first-order chi connectivity index (χ1) is 8.20. The van der Waals surface area contributed by atoms with Crippen molar-refractivity contribution in [3.8, 4) is 5.75 Å². The van der Waals surface area contributed by atoms with E-state index in [9.17, 15) is 4.79 Å². The molecule has 1 heterocycles. The van der Waals surface area contributed by atoms with Crippen molar-refractivity contribution in [3.63, 3.8) is 0 Å². The minimum absolute atomic E-state index is 0.260. The lowest BCUT2D eigenvalue weighted by Gasteiger charge is -2.07. The Morgan fingerprint density at radius 3 is 2.94 bits per heavy atom. The Bertz CT molecular complexity index is 527. The van der Waals surface area contributed by atoms with Crippen molar-refractivity contribution in [1.29, 1.82) is 0 Å². The zero-order valence-corrected chi connectivity index (χ0v) is 9.82. The zero-order valence-electron chi connectivity index (χ0n) is 9.01. The predicted molar refractivity (Wildman–Crippen MR) is 65.3 cm³/mol. The number of nitrogen functional groups attached to an aromatic ring is 1. The molecule has 1 amide bonds. The molecular weight excluding hydrogens is 240 g/mol. The molecule has 0 aliphatic heterocycles. The van der Waals surface area contributed by atoms with Crippen LogP contribution in [-0.4, -0.2) is 22.6 Å². The van der Waals surface area contributed by atoms with Crippen molar-refractivity contribution in [3.05, 3.63) is 29.3 Å². The lowest BCUT2D eigenvalue weighted by atomic mass is 10.2. The van der Waals surface area contributed by atoms with Crippen molar-refractivity contribution in [1.82, 2.24) is 9.59 Å². The number of carbonyl (C=O) groups excluding carboxylic acids is 1. The zero-order chi connectivity index (χ0) is 12.3. The number of nitrogens with one attached hydrogen (secondary N) is 1. The summed E-state index contributed by atoms with van der Waals surface area (Å²) in [7, 11) is 1.53. The van der Waals surface area contributed by atoms with E-state index in [-0.39, 0.29) is 5.91 Å². The summed E-state index contributed by atoms with van der Waals surface area (Å²) in [4.78, 5) is 12.1. The summed E-state index contributed by atoms with van der Waals surface area (Å²) < 4.78 is 8.64. The number of amides is 1. The molecule has 0 aliphatic rings. The first kappa shape index (κ1) is 11.3. The fourth-order valence-corrected chi connectivity index (χ4v) is 1.68. The lowest BCUT2D eigenvalue weighted by Crippen LogP contribution is -2.10. The van der Waals surface area contributed by atoms with Gasteiger partial charge in [-0.1, -0.05) is 4.49 Å². The van der Waals surface area contributed by atoms with Gasteiger partial charge in [0.05, 0.1) is 19.0 Å². The number of nitrogens with two attached hydrogens (primary N) is 1. The molecule has 3 N–H and O–H groups in total. The van der Waals surface area contributed by atoms with E-state index in [1.54, 1.807) is 18.2 Å². The maximum Gasteiger partial charge on any atom is 0.269 e. The van der Waals surface area contributed by atoms with Gasteiger partial charge in [0.2, 0.25) is 0 Å². The third-order valence-electron chi connectivity index (χ3n) is 2.07. The standard InChI is InChI=1S/C10H10N4O2S/c1-16-8-3-2-6(4-7(8)11)13-10(15)9-5-12-14-17-9/h2-5H,11H2,1H3,(H,13,15). The molecule has 1 aromatic heterocycles. The van der Waals surface area contributed by atoms with Gasteiger partial charge in [0, 0.05) is 5.69 Å². The Morgan fingerprint density at radius 2 is 2.35 bits per heavy atom. The van der Waals surface area contributed by atoms with E-state index in [0.717, 1.165) is 11.5 Å². The van der Waals surface area contributed by atoms with Crippen molar-refractivity contribution >= 4 is 28.8 Å². The Balaban J connectivity index is 2.14. The minimum atomic E-state index is -0.260. The SMILES string of the molecule is COc1ccc(NC(=O)c2cnns2)cc1N. The molecule has 2 aromatic rings. The number of hydrogen-bond acceptors (Lipinski definition) is 6. The average Bonchev–Trinajstić information content (AvgIpc) is 2.82. The van der Waals surface area contributed by atoms with Gasteiger partial charge in [0.25, 0.3) is 5.91 Å². The number of ether oxygens (including phenoxy) is 1. The maximum atomic E-state index is 11.7. The normalized spacial score (nSPS) is 9.94. The summed E-state index contributed by atoms with van der Waals surface area (Å²) >= 11 is 1.03. The van der Waals surface area contributed by atoms with Crippen LogP contribution in [0.5, 0.6) is 5.75 Å². The van der Waals surface area contributed by atoms with Crippen molar-refractivity contribution in [2.75, 3.05) is 18.2 Å². The summed E-state index contributed by atoms with van der Waals surface area (Å²) in [5.41, 5.74) is 6.79. The van der Waals surface area contributed by atoms with E-state index in [0.29, 0.717) is 22.0 Å². The fraction of sp³-hybridized carbons (Fsp3) is 0.100. The highest BCUT2D eigenvalue weighted by molar-refractivity contribution is 7.07. The fourth-order valence-electron chi connectivity index (χ4n) is 1.27. The van der Waals surface area contributed by atoms with E-state index in [2.05, 4.69) is 14.9 Å². The van der Waals surface area contributed by atoms with Crippen LogP contribution in [0.15, 0.2) is 24.4 Å². The van der Waals surface area contributed by atoms with Crippen LogP contribution in [0.3, 0.4) is 0 Å². The quantitative estimate of drug-likeness (QED) is 0.803. The maximum absolute atomic E-state index is 11.7. The third-order valence-corrected chi connectivity index (χ3v) is 2.74. The van der Waals surface area contributed by atoms with Gasteiger partial charge in [-0.15, -0.1) is 5.10 Å². The molecule has 0 fully saturated rings. The number of hydrogen-bond donors (Lipinski definition) is 2. The second-order valence-electron chi connectivity index (χ2n) is 3.19. The van der Waals surface area contributed by atoms with Crippen LogP contribution in [0.25, 0.3) is 0 Å². The smallest absolute Gasteiger partial charge is 0.269 e. The van der Waals surface area contributed by atoms with Gasteiger partial charge in [-0.2, -0.15) is 0 Å². The number of benzene rings is 1. The van der Waals surface area contributed by atoms with E-state index in [1.807, 2.05) is 0 Å². The highest BCUT2D eigenvalue weighted by atomic mass is 32.1. The van der Waals surface area contributed by atoms with Crippen LogP contribution >= 0.6 is 11.5 Å². The number of anilines is 2. The van der Waals surface area contributed by atoms with E-state index in [4.69, 9.17) is 10.5 Å². The van der Waals surface area contributed by atoms with Gasteiger partial charge < -0.3 is 15.8 Å². The number of methoxy groups -OCH3 is 1. The molecule has 0 aliphatic carbocycles. The van der Waals surface area contributed by atoms with E-state index < -0.39 is 0 Å². The molecule has 0 radical (unpaired) electrons. The lowest BCUT2D eigenvalue weighted by molar-refractivity contribution is 0.103. The molecule has 2 rings (SSSR count). The Morgan fingerprint density at radius 1 is 1.53 bits per heavy atom. The summed E-state index contributed by atoms with van der Waals surface area (Å²) in [6.07, 6.45) is 1.41. The minimum Gasteiger partial charge on any atom is -0.495 e. The predicted octanol–water partition coefficient (Wildman–Crippen LogP) is 1.38. The van der Waals surface area contributed by atoms with Crippen LogP contribution in [0, 0.1) is 0 Å². The van der Waals surface area contributed by atoms with Gasteiger partial charge >= 0.3 is 0 Å². The van der Waals surface area contributed by atoms with Gasteiger partial charge in [-0.25, -0.2) is 0 Å². The molecule has 17 heavy (non-hydrogen) atoms. The van der Waals surface area contributed by atoms with E-state index >= 15 is 0 Å². The van der Waals surface area contributed by atoms with Crippen molar-refractivity contribution in [2.45, 2.75) is 0 Å². The van der Waals surface area contributed by atoms with Crippen LogP contribution < -0.4 is 15.8 Å². The molecule has 0 saturated heterocycles. The first-order valence-corrected chi connectivity index (χ1v) is 5.50. The second kappa shape index (κ2) is 4.79. The summed E-state index contributed by atoms with van der Waals surface area (Å²) in [6, 6.07) is 5.03. The molecule has 1 aromatic carbocycles. The van der Waals surface area contributed by atoms with Gasteiger partial charge in [0.1, 0.15) is 10.6 Å².